The standard InChI is InChI=1S/C15H24N2/c1-4-10-14(17-16)15(5-2,6-3)13-11-8-7-9-12-13/h4,7-9,11-12,14,17H,1,5-6,10,16H2,2-3H3. The van der Waals surface area contributed by atoms with Crippen molar-refractivity contribution in [2.45, 2.75) is 44.6 Å². The van der Waals surface area contributed by atoms with Crippen LogP contribution in [0.1, 0.15) is 38.7 Å². The second kappa shape index (κ2) is 6.58. The van der Waals surface area contributed by atoms with Crippen molar-refractivity contribution < 1.29 is 0 Å². The van der Waals surface area contributed by atoms with Gasteiger partial charge in [-0.15, -0.1) is 6.58 Å². The van der Waals surface area contributed by atoms with Gasteiger partial charge in [-0.1, -0.05) is 50.3 Å². The average Bonchev–Trinajstić information content (AvgIpc) is 2.40. The van der Waals surface area contributed by atoms with Crippen LogP contribution in [0, 0.1) is 0 Å². The number of rotatable bonds is 7. The smallest absolute Gasteiger partial charge is 0.0341 e. The van der Waals surface area contributed by atoms with Crippen LogP contribution in [0.15, 0.2) is 43.0 Å². The van der Waals surface area contributed by atoms with Gasteiger partial charge in [0.25, 0.3) is 0 Å². The van der Waals surface area contributed by atoms with Gasteiger partial charge in [-0.3, -0.25) is 11.3 Å². The zero-order chi connectivity index (χ0) is 12.7. The second-order valence-electron chi connectivity index (χ2n) is 4.47. The highest BCUT2D eigenvalue weighted by molar-refractivity contribution is 5.28. The SMILES string of the molecule is C=CCC(NN)C(CC)(CC)c1ccccc1. The molecule has 0 saturated heterocycles. The van der Waals surface area contributed by atoms with Gasteiger partial charge >= 0.3 is 0 Å². The van der Waals surface area contributed by atoms with Crippen LogP contribution in [0.25, 0.3) is 0 Å². The van der Waals surface area contributed by atoms with Crippen molar-refractivity contribution in [3.05, 3.63) is 48.6 Å². The van der Waals surface area contributed by atoms with Gasteiger partial charge in [-0.05, 0) is 24.8 Å². The van der Waals surface area contributed by atoms with E-state index in [0.717, 1.165) is 19.3 Å². The molecule has 17 heavy (non-hydrogen) atoms. The summed E-state index contributed by atoms with van der Waals surface area (Å²) >= 11 is 0. The van der Waals surface area contributed by atoms with Gasteiger partial charge in [0, 0.05) is 11.5 Å². The Morgan fingerprint density at radius 3 is 2.29 bits per heavy atom. The predicted octanol–water partition coefficient (Wildman–Crippen LogP) is 3.15. The Bertz CT molecular complexity index is 328. The Morgan fingerprint density at radius 2 is 1.88 bits per heavy atom. The van der Waals surface area contributed by atoms with E-state index in [0.29, 0.717) is 0 Å². The van der Waals surface area contributed by atoms with E-state index >= 15 is 0 Å². The summed E-state index contributed by atoms with van der Waals surface area (Å²) in [4.78, 5) is 0. The van der Waals surface area contributed by atoms with Gasteiger partial charge in [0.05, 0.1) is 0 Å². The summed E-state index contributed by atoms with van der Waals surface area (Å²) in [6, 6.07) is 10.9. The number of hydrogen-bond acceptors (Lipinski definition) is 2. The lowest BCUT2D eigenvalue weighted by molar-refractivity contribution is 0.273. The molecule has 0 heterocycles. The van der Waals surface area contributed by atoms with E-state index in [9.17, 15) is 0 Å². The van der Waals surface area contributed by atoms with Crippen molar-refractivity contribution in [2.75, 3.05) is 0 Å². The van der Waals surface area contributed by atoms with E-state index in [2.05, 4.69) is 56.2 Å². The van der Waals surface area contributed by atoms with Gasteiger partial charge in [0.1, 0.15) is 0 Å². The van der Waals surface area contributed by atoms with Crippen LogP contribution in [0.3, 0.4) is 0 Å². The summed E-state index contributed by atoms with van der Waals surface area (Å²) in [6.45, 7) is 8.28. The Kier molecular flexibility index (Phi) is 5.39. The number of benzene rings is 1. The van der Waals surface area contributed by atoms with E-state index in [1.807, 2.05) is 6.08 Å². The predicted molar refractivity (Wildman–Crippen MR) is 74.6 cm³/mol. The maximum atomic E-state index is 5.74. The quantitative estimate of drug-likeness (QED) is 0.430. The molecule has 0 bridgehead atoms. The molecule has 0 aromatic heterocycles. The number of nitrogens with two attached hydrogens (primary N) is 1. The third kappa shape index (κ3) is 2.76. The summed E-state index contributed by atoms with van der Waals surface area (Å²) in [5.74, 6) is 5.74. The van der Waals surface area contributed by atoms with Gasteiger partial charge < -0.3 is 0 Å². The van der Waals surface area contributed by atoms with Crippen molar-refractivity contribution in [1.29, 1.82) is 0 Å². The zero-order valence-corrected chi connectivity index (χ0v) is 10.9. The Labute approximate surface area is 105 Å². The first-order valence-electron chi connectivity index (χ1n) is 6.37. The summed E-state index contributed by atoms with van der Waals surface area (Å²) in [7, 11) is 0. The van der Waals surface area contributed by atoms with Gasteiger partial charge in [0.2, 0.25) is 0 Å². The van der Waals surface area contributed by atoms with Crippen LogP contribution in [0.4, 0.5) is 0 Å². The van der Waals surface area contributed by atoms with Gasteiger partial charge in [-0.25, -0.2) is 0 Å². The van der Waals surface area contributed by atoms with Crippen LogP contribution in [-0.2, 0) is 5.41 Å². The van der Waals surface area contributed by atoms with Gasteiger partial charge in [-0.2, -0.15) is 0 Å². The number of nitrogens with one attached hydrogen (secondary N) is 1. The molecule has 1 aromatic carbocycles. The average molecular weight is 232 g/mol. The molecule has 1 aromatic rings. The number of hydrogen-bond donors (Lipinski definition) is 2. The summed E-state index contributed by atoms with van der Waals surface area (Å²) in [5.41, 5.74) is 4.42. The third-order valence-electron chi connectivity index (χ3n) is 3.88. The van der Waals surface area contributed by atoms with Crippen molar-refractivity contribution in [3.8, 4) is 0 Å². The largest absolute Gasteiger partial charge is 0.271 e. The van der Waals surface area contributed by atoms with Crippen LogP contribution in [0.2, 0.25) is 0 Å². The molecule has 94 valence electrons. The molecule has 0 aliphatic heterocycles. The third-order valence-corrected chi connectivity index (χ3v) is 3.88. The minimum absolute atomic E-state index is 0.0875. The first kappa shape index (κ1) is 13.9. The van der Waals surface area contributed by atoms with Crippen LogP contribution in [0.5, 0.6) is 0 Å². The molecule has 0 aliphatic rings. The monoisotopic (exact) mass is 232 g/mol. The molecule has 0 aliphatic carbocycles. The fourth-order valence-electron chi connectivity index (χ4n) is 2.74. The molecule has 0 amide bonds. The lowest BCUT2D eigenvalue weighted by atomic mass is 9.69. The minimum Gasteiger partial charge on any atom is -0.271 e. The molecule has 1 rings (SSSR count). The van der Waals surface area contributed by atoms with E-state index in [-0.39, 0.29) is 11.5 Å². The first-order chi connectivity index (χ1) is 8.25. The Balaban J connectivity index is 3.15. The highest BCUT2D eigenvalue weighted by Gasteiger charge is 2.35. The highest BCUT2D eigenvalue weighted by atomic mass is 15.2. The summed E-state index contributed by atoms with van der Waals surface area (Å²) < 4.78 is 0. The molecule has 1 atom stereocenters. The molecule has 0 saturated carbocycles. The maximum absolute atomic E-state index is 5.74. The summed E-state index contributed by atoms with van der Waals surface area (Å²) in [6.07, 6.45) is 4.95. The molecule has 1 unspecified atom stereocenters. The molecular formula is C15H24N2. The first-order valence-corrected chi connectivity index (χ1v) is 6.37. The van der Waals surface area contributed by atoms with Crippen molar-refractivity contribution in [1.82, 2.24) is 5.43 Å². The van der Waals surface area contributed by atoms with Crippen molar-refractivity contribution in [3.63, 3.8) is 0 Å². The zero-order valence-electron chi connectivity index (χ0n) is 10.9. The molecule has 0 spiro atoms. The second-order valence-corrected chi connectivity index (χ2v) is 4.47. The number of hydrazine groups is 1. The fraction of sp³-hybridized carbons (Fsp3) is 0.467. The van der Waals surface area contributed by atoms with Gasteiger partial charge in [0.15, 0.2) is 0 Å². The van der Waals surface area contributed by atoms with E-state index in [4.69, 9.17) is 5.84 Å². The molecule has 2 heteroatoms. The molecule has 2 nitrogen and oxygen atoms in total. The van der Waals surface area contributed by atoms with Crippen LogP contribution in [-0.4, -0.2) is 6.04 Å². The minimum atomic E-state index is 0.0875. The van der Waals surface area contributed by atoms with E-state index in [1.54, 1.807) is 0 Å². The summed E-state index contributed by atoms with van der Waals surface area (Å²) in [5, 5.41) is 0. The normalized spacial score (nSPS) is 13.4. The van der Waals surface area contributed by atoms with Crippen LogP contribution >= 0.6 is 0 Å². The molecule has 0 fully saturated rings. The Morgan fingerprint density at radius 1 is 1.29 bits per heavy atom. The topological polar surface area (TPSA) is 38.0 Å². The van der Waals surface area contributed by atoms with Crippen molar-refractivity contribution >= 4 is 0 Å². The lowest BCUT2D eigenvalue weighted by Crippen LogP contribution is -2.50. The maximum Gasteiger partial charge on any atom is 0.0341 e. The molecular weight excluding hydrogens is 208 g/mol. The van der Waals surface area contributed by atoms with E-state index in [1.165, 1.54) is 5.56 Å². The van der Waals surface area contributed by atoms with Crippen molar-refractivity contribution in [2.24, 2.45) is 5.84 Å². The Hall–Kier alpha value is -1.12. The lowest BCUT2D eigenvalue weighted by Gasteiger charge is -2.39. The molecule has 0 radical (unpaired) electrons. The fourth-order valence-corrected chi connectivity index (χ4v) is 2.74. The van der Waals surface area contributed by atoms with E-state index < -0.39 is 0 Å². The molecule has 3 N–H and O–H groups in total. The van der Waals surface area contributed by atoms with Crippen LogP contribution < -0.4 is 11.3 Å². The highest BCUT2D eigenvalue weighted by Crippen LogP contribution is 2.36.